The van der Waals surface area contributed by atoms with Gasteiger partial charge in [0.15, 0.2) is 0 Å². The maximum atomic E-state index is 12.1. The predicted octanol–water partition coefficient (Wildman–Crippen LogP) is 2.68. The zero-order chi connectivity index (χ0) is 20.5. The fourth-order valence-electron chi connectivity index (χ4n) is 3.38. The lowest BCUT2D eigenvalue weighted by Gasteiger charge is -2.36. The van der Waals surface area contributed by atoms with E-state index >= 15 is 0 Å². The molecule has 0 bridgehead atoms. The van der Waals surface area contributed by atoms with Crippen LogP contribution in [0.5, 0.6) is 0 Å². The Morgan fingerprint density at radius 3 is 2.34 bits per heavy atom. The molecule has 2 aromatic rings. The SMILES string of the molecule is CSc1ccccc1NC(=O)C(=O)NCCCN1CCN(c2ccccc2)CC1. The number of piperazine rings is 1. The molecular formula is C22H28N4O2S. The predicted molar refractivity (Wildman–Crippen MR) is 120 cm³/mol. The molecular weight excluding hydrogens is 384 g/mol. The Balaban J connectivity index is 1.33. The van der Waals surface area contributed by atoms with Gasteiger partial charge in [0.2, 0.25) is 0 Å². The van der Waals surface area contributed by atoms with Crippen LogP contribution >= 0.6 is 11.8 Å². The van der Waals surface area contributed by atoms with Crippen LogP contribution in [0.15, 0.2) is 59.5 Å². The normalized spacial score (nSPS) is 14.4. The van der Waals surface area contributed by atoms with Gasteiger partial charge in [-0.3, -0.25) is 14.5 Å². The van der Waals surface area contributed by atoms with Crippen LogP contribution in [0.3, 0.4) is 0 Å². The molecule has 6 nitrogen and oxygen atoms in total. The van der Waals surface area contributed by atoms with Crippen molar-refractivity contribution in [2.75, 3.05) is 55.7 Å². The van der Waals surface area contributed by atoms with Gasteiger partial charge in [0.05, 0.1) is 5.69 Å². The number of benzene rings is 2. The molecule has 3 rings (SSSR count). The van der Waals surface area contributed by atoms with Gasteiger partial charge in [-0.05, 0) is 43.5 Å². The third-order valence-electron chi connectivity index (χ3n) is 4.99. The summed E-state index contributed by atoms with van der Waals surface area (Å²) < 4.78 is 0. The van der Waals surface area contributed by atoms with Crippen LogP contribution in [0.4, 0.5) is 11.4 Å². The molecule has 0 unspecified atom stereocenters. The largest absolute Gasteiger partial charge is 0.369 e. The second kappa shape index (κ2) is 10.9. The Morgan fingerprint density at radius 2 is 1.62 bits per heavy atom. The minimum absolute atomic E-state index is 0.495. The number of thioether (sulfide) groups is 1. The molecule has 7 heteroatoms. The first-order chi connectivity index (χ1) is 14.2. The minimum atomic E-state index is -0.622. The van der Waals surface area contributed by atoms with Crippen molar-refractivity contribution in [2.45, 2.75) is 11.3 Å². The van der Waals surface area contributed by atoms with Crippen molar-refractivity contribution in [1.82, 2.24) is 10.2 Å². The monoisotopic (exact) mass is 412 g/mol. The smallest absolute Gasteiger partial charge is 0.313 e. The number of hydrogen-bond acceptors (Lipinski definition) is 5. The zero-order valence-electron chi connectivity index (χ0n) is 16.8. The van der Waals surface area contributed by atoms with Crippen LogP contribution in [0.25, 0.3) is 0 Å². The summed E-state index contributed by atoms with van der Waals surface area (Å²) in [5.41, 5.74) is 1.94. The van der Waals surface area contributed by atoms with Crippen molar-refractivity contribution in [3.05, 3.63) is 54.6 Å². The number of amides is 2. The maximum absolute atomic E-state index is 12.1. The molecule has 0 spiro atoms. The fourth-order valence-corrected chi connectivity index (χ4v) is 3.93. The van der Waals surface area contributed by atoms with Crippen LogP contribution < -0.4 is 15.5 Å². The van der Waals surface area contributed by atoms with Gasteiger partial charge >= 0.3 is 11.8 Å². The Bertz CT molecular complexity index is 807. The van der Waals surface area contributed by atoms with Gasteiger partial charge in [0.1, 0.15) is 0 Å². The summed E-state index contributed by atoms with van der Waals surface area (Å²) in [5, 5.41) is 5.40. The maximum Gasteiger partial charge on any atom is 0.313 e. The average Bonchev–Trinajstić information content (AvgIpc) is 2.78. The first kappa shape index (κ1) is 21.2. The molecule has 0 aliphatic carbocycles. The lowest BCUT2D eigenvalue weighted by Crippen LogP contribution is -2.47. The van der Waals surface area contributed by atoms with E-state index < -0.39 is 11.8 Å². The second-order valence-electron chi connectivity index (χ2n) is 6.93. The zero-order valence-corrected chi connectivity index (χ0v) is 17.6. The van der Waals surface area contributed by atoms with Crippen LogP contribution in [-0.4, -0.2) is 62.2 Å². The van der Waals surface area contributed by atoms with Gasteiger partial charge in [-0.1, -0.05) is 30.3 Å². The van der Waals surface area contributed by atoms with Crippen molar-refractivity contribution < 1.29 is 9.59 Å². The van der Waals surface area contributed by atoms with E-state index in [-0.39, 0.29) is 0 Å². The van der Waals surface area contributed by atoms with Gasteiger partial charge < -0.3 is 15.5 Å². The molecule has 2 aromatic carbocycles. The summed E-state index contributed by atoms with van der Waals surface area (Å²) >= 11 is 1.53. The molecule has 0 radical (unpaired) electrons. The lowest BCUT2D eigenvalue weighted by atomic mass is 10.2. The van der Waals surface area contributed by atoms with E-state index in [0.29, 0.717) is 12.2 Å². The molecule has 0 atom stereocenters. The van der Waals surface area contributed by atoms with Gasteiger partial charge in [0.25, 0.3) is 0 Å². The molecule has 1 aliphatic rings. The number of carbonyl (C=O) groups is 2. The Morgan fingerprint density at radius 1 is 0.931 bits per heavy atom. The third kappa shape index (κ3) is 6.24. The van der Waals surface area contributed by atoms with Crippen LogP contribution in [0, 0.1) is 0 Å². The highest BCUT2D eigenvalue weighted by atomic mass is 32.2. The lowest BCUT2D eigenvalue weighted by molar-refractivity contribution is -0.136. The number of nitrogens with zero attached hydrogens (tertiary/aromatic N) is 2. The van der Waals surface area contributed by atoms with E-state index in [1.165, 1.54) is 17.4 Å². The number of nitrogens with one attached hydrogen (secondary N) is 2. The Kier molecular flexibility index (Phi) is 7.95. The topological polar surface area (TPSA) is 64.7 Å². The van der Waals surface area contributed by atoms with Crippen molar-refractivity contribution in [1.29, 1.82) is 0 Å². The van der Waals surface area contributed by atoms with Crippen molar-refractivity contribution >= 4 is 35.0 Å². The molecule has 154 valence electrons. The summed E-state index contributed by atoms with van der Waals surface area (Å²) in [4.78, 5) is 29.9. The molecule has 1 saturated heterocycles. The minimum Gasteiger partial charge on any atom is -0.369 e. The molecule has 1 aliphatic heterocycles. The number of carbonyl (C=O) groups excluding carboxylic acids is 2. The fraction of sp³-hybridized carbons (Fsp3) is 0.364. The highest BCUT2D eigenvalue weighted by molar-refractivity contribution is 7.98. The van der Waals surface area contributed by atoms with Crippen molar-refractivity contribution in [3.8, 4) is 0 Å². The average molecular weight is 413 g/mol. The third-order valence-corrected chi connectivity index (χ3v) is 5.79. The van der Waals surface area contributed by atoms with E-state index in [9.17, 15) is 9.59 Å². The molecule has 2 amide bonds. The number of hydrogen-bond donors (Lipinski definition) is 2. The number of rotatable bonds is 7. The van der Waals surface area contributed by atoms with Crippen LogP contribution in [-0.2, 0) is 9.59 Å². The van der Waals surface area contributed by atoms with E-state index in [4.69, 9.17) is 0 Å². The van der Waals surface area contributed by atoms with E-state index in [0.717, 1.165) is 44.0 Å². The van der Waals surface area contributed by atoms with Crippen molar-refractivity contribution in [2.24, 2.45) is 0 Å². The van der Waals surface area contributed by atoms with Gasteiger partial charge in [-0.2, -0.15) is 0 Å². The summed E-state index contributed by atoms with van der Waals surface area (Å²) in [7, 11) is 0. The standard InChI is InChI=1S/C22H28N4O2S/c1-29-20-11-6-5-10-19(20)24-22(28)21(27)23-12-7-13-25-14-16-26(17-15-25)18-8-3-2-4-9-18/h2-6,8-11H,7,12-17H2,1H3,(H,23,27)(H,24,28). The number of para-hydroxylation sites is 2. The van der Waals surface area contributed by atoms with Crippen molar-refractivity contribution in [3.63, 3.8) is 0 Å². The van der Waals surface area contributed by atoms with E-state index in [1.807, 2.05) is 30.5 Å². The van der Waals surface area contributed by atoms with E-state index in [2.05, 4.69) is 44.7 Å². The summed E-state index contributed by atoms with van der Waals surface area (Å²) in [6.45, 7) is 5.44. The Labute approximate surface area is 176 Å². The molecule has 0 saturated carbocycles. The molecule has 0 aromatic heterocycles. The summed E-state index contributed by atoms with van der Waals surface area (Å²) in [5.74, 6) is -1.21. The van der Waals surface area contributed by atoms with Gasteiger partial charge in [-0.25, -0.2) is 0 Å². The molecule has 1 fully saturated rings. The highest BCUT2D eigenvalue weighted by Gasteiger charge is 2.17. The molecule has 2 N–H and O–H groups in total. The molecule has 29 heavy (non-hydrogen) atoms. The first-order valence-corrected chi connectivity index (χ1v) is 11.1. The Hall–Kier alpha value is -2.51. The molecule has 1 heterocycles. The van der Waals surface area contributed by atoms with E-state index in [1.54, 1.807) is 6.07 Å². The highest BCUT2D eigenvalue weighted by Crippen LogP contribution is 2.24. The number of anilines is 2. The van der Waals surface area contributed by atoms with Crippen LogP contribution in [0.2, 0.25) is 0 Å². The second-order valence-corrected chi connectivity index (χ2v) is 7.78. The van der Waals surface area contributed by atoms with Gasteiger partial charge in [-0.15, -0.1) is 11.8 Å². The summed E-state index contributed by atoms with van der Waals surface area (Å²) in [6.07, 6.45) is 2.76. The van der Waals surface area contributed by atoms with Gasteiger partial charge in [0, 0.05) is 43.3 Å². The quantitative estimate of drug-likeness (QED) is 0.416. The first-order valence-electron chi connectivity index (χ1n) is 9.92. The van der Waals surface area contributed by atoms with Crippen LogP contribution in [0.1, 0.15) is 6.42 Å². The summed E-state index contributed by atoms with van der Waals surface area (Å²) in [6, 6.07) is 17.9.